The number of carboxylic acid groups (broad SMARTS) is 1. The SMILES string of the molecule is C=C1CC2C(O)N(C(=O)OCc3ccc(O[C@@H]4OC[C@@H](O)[C@H](O)[C@H]4O)c(C(=O)CCCOC)c3)c3cc(OCc4cc(COc5cc6c(cc5C)C(=O)N5CC(=C)C[C@H]5C(O)N6C(=O)OCc5ccc(OC6OC(C(=O)O)[C@@H](O)[C@H](O)[C@H]6O)c(C(=O)CCCOCCOCCOCC(=O)OC(C)(C)C)c5)cc(OCCCCCP(=O)(OC(C)(C)C)OC(C)(C)C)c4)c(OC)cc3C(=O)N2C1. The van der Waals surface area contributed by atoms with Crippen LogP contribution in [0, 0.1) is 6.92 Å². The molecule has 4 amide bonds. The molecule has 0 spiro atoms. The maximum Gasteiger partial charge on any atom is 0.416 e. The second-order valence-electron chi connectivity index (χ2n) is 36.7. The maximum absolute atomic E-state index is 15.1. The molecule has 5 aromatic carbocycles. The number of benzene rings is 5. The molecule has 135 heavy (non-hydrogen) atoms. The van der Waals surface area contributed by atoms with Crippen LogP contribution in [0.4, 0.5) is 21.0 Å². The van der Waals surface area contributed by atoms with Crippen LogP contribution < -0.4 is 38.2 Å². The first-order valence-corrected chi connectivity index (χ1v) is 46.3. The minimum Gasteiger partial charge on any atom is -0.494 e. The first kappa shape index (κ1) is 105. The number of nitrogens with zero attached hydrogens (tertiary/aromatic N) is 4. The second-order valence-corrected chi connectivity index (χ2v) is 38.8. The molecule has 0 aromatic heterocycles. The molecule has 9 N–H and O–H groups in total. The van der Waals surface area contributed by atoms with Crippen LogP contribution in [-0.4, -0.2) is 293 Å². The molecule has 39 nitrogen and oxygen atoms in total. The average Bonchev–Trinajstić information content (AvgIpc) is 1.61. The van der Waals surface area contributed by atoms with Crippen LogP contribution in [0.5, 0.6) is 34.5 Å². The summed E-state index contributed by atoms with van der Waals surface area (Å²) in [4.78, 5) is 117. The van der Waals surface area contributed by atoms with Crippen LogP contribution in [0.15, 0.2) is 103 Å². The van der Waals surface area contributed by atoms with E-state index in [1.807, 2.05) is 0 Å². The highest BCUT2D eigenvalue weighted by Crippen LogP contribution is 2.55. The number of aliphatic carboxylic acids is 1. The van der Waals surface area contributed by atoms with Gasteiger partial charge in [-0.2, -0.15) is 0 Å². The number of carbonyl (C=O) groups is 8. The van der Waals surface area contributed by atoms with Gasteiger partial charge in [-0.15, -0.1) is 0 Å². The molecule has 6 aliphatic heterocycles. The van der Waals surface area contributed by atoms with E-state index >= 15 is 4.79 Å². The maximum atomic E-state index is 15.1. The smallest absolute Gasteiger partial charge is 0.416 e. The molecule has 0 radical (unpaired) electrons. The summed E-state index contributed by atoms with van der Waals surface area (Å²) in [5, 5.41) is 98.2. The number of carboxylic acids is 1. The van der Waals surface area contributed by atoms with Crippen molar-refractivity contribution >= 4 is 66.5 Å². The van der Waals surface area contributed by atoms with Gasteiger partial charge in [0.25, 0.3) is 11.8 Å². The molecule has 40 heteroatoms. The van der Waals surface area contributed by atoms with Gasteiger partial charge in [0, 0.05) is 58.4 Å². The standard InChI is InChI=1S/C95H125N4O35P/c1-53-34-67-86(111)98(91(115)127-48-57-23-25-73(130-90-82(108)79(105)80(106)83(131-90)88(113)114)64(41-57)70(101)21-19-27-120-29-30-121-31-32-122-52-77(103)132-93(4,5)6)65-43-74(55(3)36-61(65)84(109)96(67)45-53)124-49-58-37-59(39-60(38-58)123-28-16-15-17-33-135(117,133-94(7,8)9)134-95(10,11)12)50-125-76-44-66-62(42-75(76)119-14)85(110)97-46-54(2)35-68(97)87(112)99(66)92(116)128-47-56-22-24-72(63(40-56)69(100)20-18-26-118-13)129-89-81(107)78(104)71(102)51-126-89/h22-25,36-44,67-68,71,78-83,86-87,89-90,102,104-108,111-112H,1-2,15-21,26-35,45-52H2,3-14H3,(H,113,114)/t67-,68?,71+,78-,79-,80-,81+,82+,83?,86?,87?,89-,90?/m0/s1. The number of ketones is 2. The number of unbranched alkanes of at least 4 members (excludes halogenated alkanes) is 2. The van der Waals surface area contributed by atoms with Gasteiger partial charge in [0.05, 0.1) is 110 Å². The van der Waals surface area contributed by atoms with Gasteiger partial charge in [-0.3, -0.25) is 23.7 Å². The number of aryl methyl sites for hydroxylation is 1. The van der Waals surface area contributed by atoms with Crippen LogP contribution in [0.25, 0.3) is 0 Å². The van der Waals surface area contributed by atoms with E-state index in [4.69, 9.17) is 80.1 Å². The zero-order valence-electron chi connectivity index (χ0n) is 78.0. The lowest BCUT2D eigenvalue weighted by Gasteiger charge is -2.38. The van der Waals surface area contributed by atoms with E-state index < -0.39 is 165 Å². The summed E-state index contributed by atoms with van der Waals surface area (Å²) >= 11 is 0. The molecule has 0 aliphatic carbocycles. The van der Waals surface area contributed by atoms with Crippen molar-refractivity contribution in [1.29, 1.82) is 0 Å². The molecule has 5 aromatic rings. The lowest BCUT2D eigenvalue weighted by molar-refractivity contribution is -0.271. The van der Waals surface area contributed by atoms with E-state index in [1.54, 1.807) is 87.4 Å². The summed E-state index contributed by atoms with van der Waals surface area (Å²) in [6.45, 7) is 24.6. The molecule has 740 valence electrons. The van der Waals surface area contributed by atoms with Crippen molar-refractivity contribution in [2.45, 2.75) is 250 Å². The van der Waals surface area contributed by atoms with Crippen molar-refractivity contribution in [2.75, 3.05) is 103 Å². The number of rotatable bonds is 43. The van der Waals surface area contributed by atoms with Crippen LogP contribution in [0.2, 0.25) is 0 Å². The van der Waals surface area contributed by atoms with Crippen LogP contribution in [0.1, 0.15) is 189 Å². The quantitative estimate of drug-likeness (QED) is 0.00438. The number of methoxy groups -OCH3 is 2. The van der Waals surface area contributed by atoms with Crippen molar-refractivity contribution < 1.29 is 169 Å². The normalized spacial score (nSPS) is 22.5. The minimum absolute atomic E-state index is 0.00667. The fraction of sp³-hybridized carbons (Fsp3) is 0.558. The molecule has 13 atom stereocenters. The molecule has 4 saturated heterocycles. The number of amides is 4. The first-order chi connectivity index (χ1) is 63.8. The van der Waals surface area contributed by atoms with E-state index in [1.165, 1.54) is 84.7 Å². The Kier molecular flexibility index (Phi) is 36.0. The van der Waals surface area contributed by atoms with Gasteiger partial charge in [0.1, 0.15) is 98.3 Å². The number of aliphatic hydroxyl groups excluding tert-OH is 8. The highest BCUT2D eigenvalue weighted by atomic mass is 31.2. The molecule has 0 saturated carbocycles. The Balaban J connectivity index is 0.854. The number of esters is 1. The first-order valence-electron chi connectivity index (χ1n) is 44.6. The number of hydrogen-bond acceptors (Lipinski definition) is 34. The summed E-state index contributed by atoms with van der Waals surface area (Å²) in [5.41, 5.74) is 0.143. The number of carbonyl (C=O) groups excluding carboxylic acids is 7. The fourth-order valence-corrected chi connectivity index (χ4v) is 18.5. The predicted octanol–water partition coefficient (Wildman–Crippen LogP) is 9.08. The van der Waals surface area contributed by atoms with Crippen molar-refractivity contribution in [3.8, 4) is 34.5 Å². The largest absolute Gasteiger partial charge is 0.494 e. The van der Waals surface area contributed by atoms with Crippen LogP contribution in [-0.2, 0) is 92.3 Å². The topological polar surface area (TPSA) is 506 Å². The van der Waals surface area contributed by atoms with E-state index in [0.29, 0.717) is 59.3 Å². The molecule has 0 bridgehead atoms. The lowest BCUT2D eigenvalue weighted by atomic mass is 9.98. The zero-order chi connectivity index (χ0) is 98.3. The monoisotopic (exact) mass is 1910 g/mol. The molecular weight excluding hydrogens is 1790 g/mol. The van der Waals surface area contributed by atoms with E-state index in [2.05, 4.69) is 13.2 Å². The van der Waals surface area contributed by atoms with Gasteiger partial charge in [-0.1, -0.05) is 36.4 Å². The van der Waals surface area contributed by atoms with Gasteiger partial charge in [-0.05, 0) is 197 Å². The van der Waals surface area contributed by atoms with Crippen molar-refractivity contribution in [3.63, 3.8) is 0 Å². The highest BCUT2D eigenvalue weighted by Gasteiger charge is 2.51. The molecule has 6 heterocycles. The predicted molar refractivity (Wildman–Crippen MR) is 481 cm³/mol. The molecule has 6 aliphatic rings. The summed E-state index contributed by atoms with van der Waals surface area (Å²) in [6.07, 6.45) is -20.2. The van der Waals surface area contributed by atoms with Crippen molar-refractivity contribution in [3.05, 3.63) is 153 Å². The average molecular weight is 1910 g/mol. The lowest BCUT2D eigenvalue weighted by Crippen LogP contribution is -2.61. The zero-order valence-corrected chi connectivity index (χ0v) is 78.9. The van der Waals surface area contributed by atoms with E-state index in [-0.39, 0.29) is 198 Å². The molecule has 11 rings (SSSR count). The highest BCUT2D eigenvalue weighted by molar-refractivity contribution is 7.53. The van der Waals surface area contributed by atoms with Crippen LogP contribution in [0.3, 0.4) is 0 Å². The number of Topliss-reactive ketones (excluding diaryl/α,β-unsaturated/α-hetero) is 2. The van der Waals surface area contributed by atoms with Gasteiger partial charge in [0.15, 0.2) is 41.6 Å². The Morgan fingerprint density at radius 3 is 1.53 bits per heavy atom. The van der Waals surface area contributed by atoms with Crippen molar-refractivity contribution in [1.82, 2.24) is 9.80 Å². The third-order valence-corrected chi connectivity index (χ3v) is 24.8. The van der Waals surface area contributed by atoms with Crippen LogP contribution >= 0.6 is 7.60 Å². The molecular formula is C95H125N4O35P. The number of ether oxygens (including phenoxy) is 15. The third kappa shape index (κ3) is 27.8. The van der Waals surface area contributed by atoms with Gasteiger partial charge >= 0.3 is 31.7 Å². The van der Waals surface area contributed by atoms with Gasteiger partial charge in [0.2, 0.25) is 12.6 Å². The third-order valence-electron chi connectivity index (χ3n) is 22.3. The molecule has 5 unspecified atom stereocenters. The Bertz CT molecular complexity index is 5100. The Labute approximate surface area is 782 Å². The second kappa shape index (κ2) is 46.3. The van der Waals surface area contributed by atoms with Gasteiger partial charge < -0.3 is 136 Å². The number of aliphatic hydroxyl groups is 8. The Morgan fingerprint density at radius 1 is 0.504 bits per heavy atom. The fourth-order valence-electron chi connectivity index (χ4n) is 16.0. The van der Waals surface area contributed by atoms with E-state index in [9.17, 15) is 84.1 Å². The summed E-state index contributed by atoms with van der Waals surface area (Å²) in [6, 6.07) is 17.0. The van der Waals surface area contributed by atoms with Gasteiger partial charge in [-0.25, -0.2) is 29.0 Å². The minimum atomic E-state index is -3.58. The number of anilines is 2. The van der Waals surface area contributed by atoms with E-state index in [0.717, 1.165) is 9.80 Å². The summed E-state index contributed by atoms with van der Waals surface area (Å²) < 4.78 is 114. The molecule has 4 fully saturated rings. The Hall–Kier alpha value is -10.3. The number of hydrogen-bond donors (Lipinski definition) is 9. The summed E-state index contributed by atoms with van der Waals surface area (Å²) in [7, 11) is -0.762. The Morgan fingerprint density at radius 2 is 1.01 bits per heavy atom. The summed E-state index contributed by atoms with van der Waals surface area (Å²) in [5.74, 6) is -4.25. The number of fused-ring (bicyclic) bond motifs is 4. The van der Waals surface area contributed by atoms with Crippen molar-refractivity contribution in [2.24, 2.45) is 0 Å².